The average Bonchev–Trinajstić information content (AvgIpc) is 2.72. The van der Waals surface area contributed by atoms with Gasteiger partial charge < -0.3 is 0 Å². The Balaban J connectivity index is 2.31. The predicted molar refractivity (Wildman–Crippen MR) is 71.7 cm³/mol. The molecule has 0 bridgehead atoms. The maximum Gasteiger partial charge on any atom is 0.195 e. The maximum atomic E-state index is 8.89. The van der Waals surface area contributed by atoms with Crippen LogP contribution in [0, 0.1) is 16.1 Å². The van der Waals surface area contributed by atoms with Gasteiger partial charge in [-0.3, -0.25) is 9.67 Å². The van der Waals surface area contributed by atoms with Gasteiger partial charge in [0.15, 0.2) is 4.77 Å². The van der Waals surface area contributed by atoms with Gasteiger partial charge in [0.1, 0.15) is 5.82 Å². The van der Waals surface area contributed by atoms with Crippen LogP contribution in [0.5, 0.6) is 0 Å². The van der Waals surface area contributed by atoms with Crippen molar-refractivity contribution in [3.05, 3.63) is 46.0 Å². The van der Waals surface area contributed by atoms with Crippen molar-refractivity contribution in [2.45, 2.75) is 26.3 Å². The Morgan fingerprint density at radius 2 is 2.33 bits per heavy atom. The average molecular weight is 258 g/mol. The fraction of sp³-hybridized carbons (Fsp3) is 0.308. The number of rotatable bonds is 4. The lowest BCUT2D eigenvalue weighted by Gasteiger charge is -2.06. The van der Waals surface area contributed by atoms with Crippen molar-refractivity contribution in [1.29, 1.82) is 5.26 Å². The molecule has 0 saturated heterocycles. The molecule has 0 amide bonds. The van der Waals surface area contributed by atoms with Gasteiger partial charge in [-0.15, -0.1) is 0 Å². The second-order valence-electron chi connectivity index (χ2n) is 4.09. The molecule has 0 aliphatic carbocycles. The summed E-state index contributed by atoms with van der Waals surface area (Å²) in [6.45, 7) is 2.76. The van der Waals surface area contributed by atoms with Crippen LogP contribution >= 0.6 is 12.2 Å². The minimum absolute atomic E-state index is 0.626. The number of nitrogens with one attached hydrogen (secondary N) is 1. The van der Waals surface area contributed by atoms with E-state index in [2.05, 4.69) is 23.2 Å². The van der Waals surface area contributed by atoms with E-state index in [1.807, 2.05) is 22.8 Å². The lowest BCUT2D eigenvalue weighted by Crippen LogP contribution is -2.05. The van der Waals surface area contributed by atoms with Crippen LogP contribution in [0.1, 0.15) is 30.3 Å². The predicted octanol–water partition coefficient (Wildman–Crippen LogP) is 2.81. The highest BCUT2D eigenvalue weighted by atomic mass is 32.1. The highest BCUT2D eigenvalue weighted by molar-refractivity contribution is 7.71. The maximum absolute atomic E-state index is 8.89. The van der Waals surface area contributed by atoms with E-state index < -0.39 is 0 Å². The summed E-state index contributed by atoms with van der Waals surface area (Å²) >= 11 is 5.23. The minimum Gasteiger partial charge on any atom is -0.300 e. The van der Waals surface area contributed by atoms with Crippen LogP contribution in [0.4, 0.5) is 0 Å². The van der Waals surface area contributed by atoms with Crippen LogP contribution in [0.2, 0.25) is 0 Å². The quantitative estimate of drug-likeness (QED) is 0.858. The van der Waals surface area contributed by atoms with Gasteiger partial charge in [0.2, 0.25) is 0 Å². The van der Waals surface area contributed by atoms with Crippen molar-refractivity contribution in [3.8, 4) is 6.07 Å². The summed E-state index contributed by atoms with van der Waals surface area (Å²) < 4.78 is 2.61. The molecule has 5 heteroatoms. The van der Waals surface area contributed by atoms with Crippen molar-refractivity contribution in [3.63, 3.8) is 0 Å². The topological polar surface area (TPSA) is 57.4 Å². The first-order valence-electron chi connectivity index (χ1n) is 5.87. The fourth-order valence-electron chi connectivity index (χ4n) is 1.85. The van der Waals surface area contributed by atoms with Gasteiger partial charge in [0, 0.05) is 6.42 Å². The molecule has 0 saturated carbocycles. The number of nitriles is 1. The third kappa shape index (κ3) is 2.66. The highest BCUT2D eigenvalue weighted by Gasteiger charge is 2.06. The molecule has 0 atom stereocenters. The zero-order valence-corrected chi connectivity index (χ0v) is 11.0. The van der Waals surface area contributed by atoms with Crippen molar-refractivity contribution in [2.24, 2.45) is 0 Å². The number of nitrogens with zero attached hydrogens (tertiary/aromatic N) is 3. The molecule has 0 aliphatic rings. The normalized spacial score (nSPS) is 10.2. The lowest BCUT2D eigenvalue weighted by molar-refractivity contribution is 0.699. The molecule has 0 aliphatic heterocycles. The third-order valence-electron chi connectivity index (χ3n) is 2.71. The van der Waals surface area contributed by atoms with Crippen molar-refractivity contribution >= 4 is 12.2 Å². The van der Waals surface area contributed by atoms with Crippen molar-refractivity contribution in [2.75, 3.05) is 0 Å². The van der Waals surface area contributed by atoms with Crippen LogP contribution in [0.3, 0.4) is 0 Å². The number of benzene rings is 1. The molecule has 2 rings (SSSR count). The van der Waals surface area contributed by atoms with Gasteiger partial charge >= 0.3 is 0 Å². The first kappa shape index (κ1) is 12.5. The fourth-order valence-corrected chi connectivity index (χ4v) is 2.07. The largest absolute Gasteiger partial charge is 0.300 e. The molecule has 1 N–H and O–H groups in total. The molecule has 1 heterocycles. The molecule has 18 heavy (non-hydrogen) atoms. The van der Waals surface area contributed by atoms with Gasteiger partial charge in [-0.1, -0.05) is 19.1 Å². The van der Waals surface area contributed by atoms with E-state index in [4.69, 9.17) is 17.5 Å². The highest BCUT2D eigenvalue weighted by Crippen LogP contribution is 2.09. The Labute approximate surface area is 111 Å². The van der Waals surface area contributed by atoms with E-state index in [9.17, 15) is 0 Å². The van der Waals surface area contributed by atoms with E-state index >= 15 is 0 Å². The van der Waals surface area contributed by atoms with E-state index in [0.717, 1.165) is 24.2 Å². The molecule has 0 radical (unpaired) electrons. The Bertz CT molecular complexity index is 633. The number of aromatic amines is 1. The van der Waals surface area contributed by atoms with Gasteiger partial charge in [-0.25, -0.2) is 0 Å². The number of hydrogen-bond acceptors (Lipinski definition) is 3. The van der Waals surface area contributed by atoms with Gasteiger partial charge in [-0.05, 0) is 36.3 Å². The monoisotopic (exact) mass is 258 g/mol. The lowest BCUT2D eigenvalue weighted by atomic mass is 10.1. The SMILES string of the molecule is CCCc1n[nH]c(=S)n1Cc1cccc(C#N)c1. The Morgan fingerprint density at radius 1 is 1.50 bits per heavy atom. The Morgan fingerprint density at radius 3 is 3.06 bits per heavy atom. The Hall–Kier alpha value is -1.93. The second kappa shape index (κ2) is 5.61. The number of aromatic nitrogens is 3. The molecule has 0 fully saturated rings. The molecular formula is C13H14N4S. The van der Waals surface area contributed by atoms with E-state index in [0.29, 0.717) is 16.9 Å². The molecule has 92 valence electrons. The summed E-state index contributed by atoms with van der Waals surface area (Å²) in [6, 6.07) is 9.70. The van der Waals surface area contributed by atoms with Crippen LogP contribution in [0.25, 0.3) is 0 Å². The summed E-state index contributed by atoms with van der Waals surface area (Å²) in [7, 11) is 0. The van der Waals surface area contributed by atoms with Gasteiger partial charge in [0.25, 0.3) is 0 Å². The summed E-state index contributed by atoms with van der Waals surface area (Å²) in [5.41, 5.74) is 1.73. The zero-order valence-electron chi connectivity index (χ0n) is 10.2. The summed E-state index contributed by atoms with van der Waals surface area (Å²) in [5, 5.41) is 15.9. The van der Waals surface area contributed by atoms with Crippen molar-refractivity contribution < 1.29 is 0 Å². The number of H-pyrrole nitrogens is 1. The summed E-state index contributed by atoms with van der Waals surface area (Å²) in [6.07, 6.45) is 1.92. The molecule has 0 unspecified atom stereocenters. The standard InChI is InChI=1S/C13H14N4S/c1-2-4-12-15-16-13(18)17(12)9-11-6-3-5-10(7-11)8-14/h3,5-7H,2,4,9H2,1H3,(H,16,18). The summed E-state index contributed by atoms with van der Waals surface area (Å²) in [4.78, 5) is 0. The van der Waals surface area contributed by atoms with Crippen LogP contribution in [-0.2, 0) is 13.0 Å². The first-order valence-corrected chi connectivity index (χ1v) is 6.28. The molecule has 1 aromatic carbocycles. The second-order valence-corrected chi connectivity index (χ2v) is 4.48. The van der Waals surface area contributed by atoms with Crippen LogP contribution in [0.15, 0.2) is 24.3 Å². The van der Waals surface area contributed by atoms with E-state index in [1.54, 1.807) is 6.07 Å². The van der Waals surface area contributed by atoms with Gasteiger partial charge in [-0.2, -0.15) is 10.4 Å². The Kier molecular flexibility index (Phi) is 3.90. The summed E-state index contributed by atoms with van der Waals surface area (Å²) in [5.74, 6) is 0.963. The van der Waals surface area contributed by atoms with Crippen LogP contribution in [-0.4, -0.2) is 14.8 Å². The third-order valence-corrected chi connectivity index (χ3v) is 3.02. The molecule has 1 aromatic heterocycles. The van der Waals surface area contributed by atoms with E-state index in [1.165, 1.54) is 0 Å². The zero-order chi connectivity index (χ0) is 13.0. The first-order chi connectivity index (χ1) is 8.74. The number of hydrogen-bond donors (Lipinski definition) is 1. The van der Waals surface area contributed by atoms with Crippen LogP contribution < -0.4 is 0 Å². The smallest absolute Gasteiger partial charge is 0.195 e. The van der Waals surface area contributed by atoms with E-state index in [-0.39, 0.29) is 0 Å². The van der Waals surface area contributed by atoms with Gasteiger partial charge in [0.05, 0.1) is 18.2 Å². The molecular weight excluding hydrogens is 244 g/mol. The molecule has 0 spiro atoms. The molecule has 2 aromatic rings. The molecule has 4 nitrogen and oxygen atoms in total. The minimum atomic E-state index is 0.626. The van der Waals surface area contributed by atoms with Crippen molar-refractivity contribution in [1.82, 2.24) is 14.8 Å². The number of aryl methyl sites for hydroxylation is 1.